The van der Waals surface area contributed by atoms with Crippen LogP contribution in [0.15, 0.2) is 0 Å². The molecule has 1 aliphatic heterocycles. The molecule has 0 unspecified atom stereocenters. The SMILES string of the molecule is CCOC(=O)[C@H]1SC(=N)N(N)C1=O. The van der Waals surface area contributed by atoms with Crippen molar-refractivity contribution in [2.24, 2.45) is 5.84 Å². The number of rotatable bonds is 2. The summed E-state index contributed by atoms with van der Waals surface area (Å²) in [7, 11) is 0. The molecule has 6 nitrogen and oxygen atoms in total. The molecule has 1 fully saturated rings. The van der Waals surface area contributed by atoms with E-state index in [0.717, 1.165) is 11.8 Å². The third kappa shape index (κ3) is 1.81. The molecule has 0 radical (unpaired) electrons. The summed E-state index contributed by atoms with van der Waals surface area (Å²) in [5, 5.41) is 6.68. The van der Waals surface area contributed by atoms with E-state index in [1.54, 1.807) is 6.92 Å². The van der Waals surface area contributed by atoms with Gasteiger partial charge in [0.1, 0.15) is 0 Å². The molecule has 0 saturated carbocycles. The van der Waals surface area contributed by atoms with Crippen LogP contribution < -0.4 is 5.84 Å². The number of nitrogens with two attached hydrogens (primary N) is 1. The van der Waals surface area contributed by atoms with Crippen molar-refractivity contribution in [3.63, 3.8) is 0 Å². The van der Waals surface area contributed by atoms with E-state index in [0.29, 0.717) is 5.01 Å². The zero-order chi connectivity index (χ0) is 10.0. The molecule has 0 spiro atoms. The second-order valence-corrected chi connectivity index (χ2v) is 3.36. The molecule has 1 atom stereocenters. The highest BCUT2D eigenvalue weighted by Crippen LogP contribution is 2.24. The first-order valence-electron chi connectivity index (χ1n) is 3.58. The summed E-state index contributed by atoms with van der Waals surface area (Å²) in [5.74, 6) is 3.93. The Balaban J connectivity index is 2.68. The van der Waals surface area contributed by atoms with Crippen molar-refractivity contribution in [3.05, 3.63) is 0 Å². The summed E-state index contributed by atoms with van der Waals surface area (Å²) in [5.41, 5.74) is 0. The highest BCUT2D eigenvalue weighted by atomic mass is 32.2. The van der Waals surface area contributed by atoms with Crippen LogP contribution in [0.2, 0.25) is 0 Å². The average Bonchev–Trinajstić information content (AvgIpc) is 2.33. The maximum absolute atomic E-state index is 11.2. The van der Waals surface area contributed by atoms with Gasteiger partial charge in [0.2, 0.25) is 0 Å². The van der Waals surface area contributed by atoms with Gasteiger partial charge in [0.05, 0.1) is 6.61 Å². The number of amides is 1. The van der Waals surface area contributed by atoms with Crippen molar-refractivity contribution in [3.8, 4) is 0 Å². The van der Waals surface area contributed by atoms with Crippen LogP contribution in [-0.4, -0.2) is 33.9 Å². The van der Waals surface area contributed by atoms with Crippen molar-refractivity contribution in [2.75, 3.05) is 6.61 Å². The van der Waals surface area contributed by atoms with Gasteiger partial charge in [-0.3, -0.25) is 15.0 Å². The lowest BCUT2D eigenvalue weighted by Crippen LogP contribution is -2.40. The molecule has 0 aliphatic carbocycles. The second-order valence-electron chi connectivity index (χ2n) is 2.26. The van der Waals surface area contributed by atoms with E-state index in [-0.39, 0.29) is 11.8 Å². The number of hydrogen-bond acceptors (Lipinski definition) is 6. The standard InChI is InChI=1S/C6H9N3O3S/c1-2-12-5(11)3-4(10)9(8)6(7)13-3/h3,7H,2,8H2,1H3/t3-/m0/s1. The molecule has 7 heteroatoms. The Morgan fingerprint density at radius 3 is 2.85 bits per heavy atom. The summed E-state index contributed by atoms with van der Waals surface area (Å²) < 4.78 is 4.63. The summed E-state index contributed by atoms with van der Waals surface area (Å²) in [4.78, 5) is 22.3. The Bertz CT molecular complexity index is 268. The highest BCUT2D eigenvalue weighted by Gasteiger charge is 2.41. The molecule has 1 heterocycles. The van der Waals surface area contributed by atoms with Crippen molar-refractivity contribution >= 4 is 28.8 Å². The van der Waals surface area contributed by atoms with E-state index in [1.807, 2.05) is 0 Å². The number of esters is 1. The van der Waals surface area contributed by atoms with Gasteiger partial charge in [0.25, 0.3) is 5.91 Å². The molecule has 1 amide bonds. The number of hydrogen-bond donors (Lipinski definition) is 2. The molecule has 0 aromatic heterocycles. The smallest absolute Gasteiger partial charge is 0.329 e. The van der Waals surface area contributed by atoms with Crippen LogP contribution in [0.1, 0.15) is 6.92 Å². The molecular weight excluding hydrogens is 194 g/mol. The Kier molecular flexibility index (Phi) is 2.89. The lowest BCUT2D eigenvalue weighted by atomic mass is 10.4. The fraction of sp³-hybridized carbons (Fsp3) is 0.500. The molecule has 0 aromatic carbocycles. The topological polar surface area (TPSA) is 96.5 Å². The third-order valence-electron chi connectivity index (χ3n) is 1.41. The number of nitrogens with one attached hydrogen (secondary N) is 1. The van der Waals surface area contributed by atoms with Crippen molar-refractivity contribution < 1.29 is 14.3 Å². The van der Waals surface area contributed by atoms with Crippen LogP contribution in [-0.2, 0) is 14.3 Å². The minimum atomic E-state index is -1.00. The summed E-state index contributed by atoms with van der Waals surface area (Å²) in [6.45, 7) is 1.86. The van der Waals surface area contributed by atoms with Crippen LogP contribution in [0.5, 0.6) is 0 Å². The van der Waals surface area contributed by atoms with Gasteiger partial charge < -0.3 is 4.74 Å². The van der Waals surface area contributed by atoms with E-state index in [4.69, 9.17) is 11.3 Å². The normalized spacial score (nSPS) is 22.3. The lowest BCUT2D eigenvalue weighted by molar-refractivity contribution is -0.146. The first kappa shape index (κ1) is 10.0. The van der Waals surface area contributed by atoms with Crippen LogP contribution in [0.3, 0.4) is 0 Å². The number of carbonyl (C=O) groups excluding carboxylic acids is 2. The van der Waals surface area contributed by atoms with Crippen molar-refractivity contribution in [2.45, 2.75) is 12.2 Å². The molecule has 3 N–H and O–H groups in total. The highest BCUT2D eigenvalue weighted by molar-refractivity contribution is 8.16. The fourth-order valence-corrected chi connectivity index (χ4v) is 1.62. The number of thioether (sulfide) groups is 1. The average molecular weight is 203 g/mol. The van der Waals surface area contributed by atoms with Crippen LogP contribution in [0, 0.1) is 5.41 Å². The van der Waals surface area contributed by atoms with Gasteiger partial charge in [-0.25, -0.2) is 10.9 Å². The van der Waals surface area contributed by atoms with E-state index in [9.17, 15) is 9.59 Å². The molecule has 0 bridgehead atoms. The second kappa shape index (κ2) is 3.75. The maximum atomic E-state index is 11.2. The Morgan fingerprint density at radius 1 is 1.85 bits per heavy atom. The number of hydrazine groups is 1. The third-order valence-corrected chi connectivity index (χ3v) is 2.46. The predicted molar refractivity (Wildman–Crippen MR) is 46.8 cm³/mol. The number of nitrogens with zero attached hydrogens (tertiary/aromatic N) is 1. The number of ether oxygens (including phenoxy) is 1. The minimum absolute atomic E-state index is 0.136. The Morgan fingerprint density at radius 2 is 2.46 bits per heavy atom. The van der Waals surface area contributed by atoms with Crippen molar-refractivity contribution in [1.82, 2.24) is 5.01 Å². The monoisotopic (exact) mass is 203 g/mol. The Labute approximate surface area is 78.9 Å². The zero-order valence-corrected chi connectivity index (χ0v) is 7.76. The van der Waals surface area contributed by atoms with Crippen LogP contribution in [0.4, 0.5) is 0 Å². The van der Waals surface area contributed by atoms with Gasteiger partial charge in [-0.2, -0.15) is 0 Å². The molecule has 1 saturated heterocycles. The first-order valence-corrected chi connectivity index (χ1v) is 4.46. The Hall–Kier alpha value is -1.08. The van der Waals surface area contributed by atoms with Gasteiger partial charge in [-0.05, 0) is 6.92 Å². The van der Waals surface area contributed by atoms with Gasteiger partial charge in [0, 0.05) is 0 Å². The molecule has 72 valence electrons. The first-order chi connectivity index (χ1) is 6.07. The van der Waals surface area contributed by atoms with Crippen LogP contribution >= 0.6 is 11.8 Å². The van der Waals surface area contributed by atoms with E-state index in [1.165, 1.54) is 0 Å². The summed E-state index contributed by atoms with van der Waals surface area (Å²) in [6, 6.07) is 0. The lowest BCUT2D eigenvalue weighted by Gasteiger charge is -2.06. The maximum Gasteiger partial charge on any atom is 0.329 e. The predicted octanol–water partition coefficient (Wildman–Crippen LogP) is -0.698. The van der Waals surface area contributed by atoms with E-state index < -0.39 is 17.1 Å². The molecule has 0 aromatic rings. The van der Waals surface area contributed by atoms with Crippen molar-refractivity contribution in [1.29, 1.82) is 5.41 Å². The van der Waals surface area contributed by atoms with Crippen LogP contribution in [0.25, 0.3) is 0 Å². The van der Waals surface area contributed by atoms with Gasteiger partial charge in [0.15, 0.2) is 10.4 Å². The van der Waals surface area contributed by atoms with Gasteiger partial charge in [-0.1, -0.05) is 11.8 Å². The molecule has 1 rings (SSSR count). The quantitative estimate of drug-likeness (QED) is 0.268. The van der Waals surface area contributed by atoms with Gasteiger partial charge in [-0.15, -0.1) is 0 Å². The summed E-state index contributed by atoms with van der Waals surface area (Å²) in [6.07, 6.45) is 0. The number of amidine groups is 1. The molecule has 1 aliphatic rings. The van der Waals surface area contributed by atoms with E-state index in [2.05, 4.69) is 4.74 Å². The van der Waals surface area contributed by atoms with E-state index >= 15 is 0 Å². The largest absolute Gasteiger partial charge is 0.465 e. The summed E-state index contributed by atoms with van der Waals surface area (Å²) >= 11 is 0.790. The molecular formula is C6H9N3O3S. The molecule has 13 heavy (non-hydrogen) atoms. The number of carbonyl (C=O) groups is 2. The van der Waals surface area contributed by atoms with Gasteiger partial charge >= 0.3 is 5.97 Å². The minimum Gasteiger partial charge on any atom is -0.465 e. The zero-order valence-electron chi connectivity index (χ0n) is 6.94. The fourth-order valence-electron chi connectivity index (χ4n) is 0.812.